The predicted octanol–water partition coefficient (Wildman–Crippen LogP) is 2.36. The summed E-state index contributed by atoms with van der Waals surface area (Å²) in [6.07, 6.45) is -2.09. The zero-order valence-corrected chi connectivity index (χ0v) is 13.7. The molecule has 0 unspecified atom stereocenters. The molecule has 1 amide bonds. The molecular weight excluding hydrogens is 323 g/mol. The van der Waals surface area contributed by atoms with Gasteiger partial charge in [-0.05, 0) is 29.2 Å². The zero-order valence-electron chi connectivity index (χ0n) is 13.7. The number of carbonyl (C=O) groups is 2. The van der Waals surface area contributed by atoms with Crippen LogP contribution in [-0.4, -0.2) is 41.0 Å². The van der Waals surface area contributed by atoms with Crippen molar-refractivity contribution < 1.29 is 24.5 Å². The van der Waals surface area contributed by atoms with Crippen LogP contribution in [0.4, 0.5) is 4.79 Å². The number of aliphatic hydroxyl groups excluding tert-OH is 1. The lowest BCUT2D eigenvalue weighted by Crippen LogP contribution is -2.48. The highest BCUT2D eigenvalue weighted by Crippen LogP contribution is 2.44. The number of fused-ring (bicyclic) bond motifs is 3. The third-order valence-corrected chi connectivity index (χ3v) is 4.37. The maximum atomic E-state index is 11.9. The Labute approximate surface area is 145 Å². The highest BCUT2D eigenvalue weighted by Gasteiger charge is 2.30. The van der Waals surface area contributed by atoms with Crippen LogP contribution in [0.25, 0.3) is 11.1 Å². The summed E-state index contributed by atoms with van der Waals surface area (Å²) in [4.78, 5) is 23.0. The van der Waals surface area contributed by atoms with Crippen LogP contribution in [0.1, 0.15) is 24.0 Å². The molecule has 0 fully saturated rings. The van der Waals surface area contributed by atoms with E-state index in [9.17, 15) is 14.7 Å². The van der Waals surface area contributed by atoms with Crippen LogP contribution < -0.4 is 5.32 Å². The third-order valence-electron chi connectivity index (χ3n) is 4.37. The third kappa shape index (κ3) is 3.34. The molecule has 0 aliphatic heterocycles. The molecular formula is C19H19NO5. The van der Waals surface area contributed by atoms with Crippen LogP contribution in [0.2, 0.25) is 0 Å². The molecule has 0 saturated carbocycles. The van der Waals surface area contributed by atoms with E-state index in [2.05, 4.69) is 5.32 Å². The molecule has 0 saturated heterocycles. The largest absolute Gasteiger partial charge is 0.480 e. The Morgan fingerprint density at radius 2 is 1.60 bits per heavy atom. The number of carboxylic acids is 1. The molecule has 2 aromatic carbocycles. The van der Waals surface area contributed by atoms with Gasteiger partial charge in [0, 0.05) is 5.92 Å². The first kappa shape index (κ1) is 17.0. The topological polar surface area (TPSA) is 95.9 Å². The lowest BCUT2D eigenvalue weighted by Gasteiger charge is -2.18. The Morgan fingerprint density at radius 1 is 1.08 bits per heavy atom. The van der Waals surface area contributed by atoms with Gasteiger partial charge in [-0.25, -0.2) is 9.59 Å². The van der Waals surface area contributed by atoms with Crippen LogP contribution in [-0.2, 0) is 9.53 Å². The van der Waals surface area contributed by atoms with Gasteiger partial charge in [-0.3, -0.25) is 0 Å². The first-order valence-electron chi connectivity index (χ1n) is 8.01. The number of aliphatic carboxylic acids is 1. The number of nitrogens with one attached hydrogen (secondary N) is 1. The van der Waals surface area contributed by atoms with Crippen molar-refractivity contribution in [2.45, 2.75) is 25.0 Å². The van der Waals surface area contributed by atoms with Crippen molar-refractivity contribution in [3.63, 3.8) is 0 Å². The summed E-state index contributed by atoms with van der Waals surface area (Å²) in [5.74, 6) is -1.42. The number of rotatable bonds is 5. The van der Waals surface area contributed by atoms with Crippen molar-refractivity contribution >= 4 is 12.1 Å². The van der Waals surface area contributed by atoms with Crippen molar-refractivity contribution in [3.05, 3.63) is 59.7 Å². The van der Waals surface area contributed by atoms with Gasteiger partial charge in [0.15, 0.2) is 6.04 Å². The second-order valence-corrected chi connectivity index (χ2v) is 6.03. The predicted molar refractivity (Wildman–Crippen MR) is 91.3 cm³/mol. The van der Waals surface area contributed by atoms with Gasteiger partial charge >= 0.3 is 12.1 Å². The second-order valence-electron chi connectivity index (χ2n) is 6.03. The molecule has 6 nitrogen and oxygen atoms in total. The highest BCUT2D eigenvalue weighted by molar-refractivity contribution is 5.81. The first-order chi connectivity index (χ1) is 12.0. The minimum absolute atomic E-state index is 0.0893. The van der Waals surface area contributed by atoms with Gasteiger partial charge in [-0.15, -0.1) is 0 Å². The molecule has 0 heterocycles. The summed E-state index contributed by atoms with van der Waals surface area (Å²) in [5, 5.41) is 20.6. The molecule has 6 heteroatoms. The number of alkyl carbamates (subject to hydrolysis) is 1. The number of aliphatic hydroxyl groups is 1. The van der Waals surface area contributed by atoms with E-state index in [1.165, 1.54) is 6.92 Å². The van der Waals surface area contributed by atoms with Crippen molar-refractivity contribution in [2.24, 2.45) is 0 Å². The fraction of sp³-hybridized carbons (Fsp3) is 0.263. The van der Waals surface area contributed by atoms with Crippen molar-refractivity contribution in [1.29, 1.82) is 0 Å². The van der Waals surface area contributed by atoms with Crippen molar-refractivity contribution in [1.82, 2.24) is 5.32 Å². The number of ether oxygens (including phenoxy) is 1. The number of carbonyl (C=O) groups excluding carboxylic acids is 1. The van der Waals surface area contributed by atoms with E-state index in [0.29, 0.717) is 0 Å². The van der Waals surface area contributed by atoms with Gasteiger partial charge in [0.1, 0.15) is 6.61 Å². The van der Waals surface area contributed by atoms with E-state index in [4.69, 9.17) is 9.84 Å². The minimum atomic E-state index is -1.41. The quantitative estimate of drug-likeness (QED) is 0.725. The summed E-state index contributed by atoms with van der Waals surface area (Å²) in [7, 11) is 0. The SMILES string of the molecule is C[C@@H](O)[C@H]([15NH]C(=O)OCC1c2ccccc2-c2ccccc21)C(=O)O. The fourth-order valence-electron chi connectivity index (χ4n) is 3.16. The highest BCUT2D eigenvalue weighted by atomic mass is 16.6. The van der Waals surface area contributed by atoms with Crippen LogP contribution >= 0.6 is 0 Å². The monoisotopic (exact) mass is 342 g/mol. The molecule has 25 heavy (non-hydrogen) atoms. The van der Waals surface area contributed by atoms with E-state index in [0.717, 1.165) is 22.3 Å². The summed E-state index contributed by atoms with van der Waals surface area (Å²) in [6, 6.07) is 14.4. The standard InChI is InChI=1S/C19H19NO5/c1-11(21)17(18(22)23)20-19(24)25-10-16-14-8-4-2-6-12(14)13-7-3-5-9-15(13)16/h2-9,11,16-17,21H,10H2,1H3,(H,20,24)(H,22,23)/t11-,17+/m1/s1/i20+1. The molecule has 3 rings (SSSR count). The van der Waals surface area contributed by atoms with Crippen LogP contribution in [0.15, 0.2) is 48.5 Å². The van der Waals surface area contributed by atoms with Crippen LogP contribution in [0.3, 0.4) is 0 Å². The maximum Gasteiger partial charge on any atom is 0.407 e. The fourth-order valence-corrected chi connectivity index (χ4v) is 3.16. The number of carboxylic acid groups (broad SMARTS) is 1. The van der Waals surface area contributed by atoms with Crippen molar-refractivity contribution in [2.75, 3.05) is 6.61 Å². The second kappa shape index (κ2) is 6.94. The Morgan fingerprint density at radius 3 is 2.08 bits per heavy atom. The van der Waals surface area contributed by atoms with Crippen LogP contribution in [0.5, 0.6) is 0 Å². The minimum Gasteiger partial charge on any atom is -0.480 e. The molecule has 0 bridgehead atoms. The average molecular weight is 342 g/mol. The molecule has 130 valence electrons. The zero-order chi connectivity index (χ0) is 18.0. The Balaban J connectivity index is 1.73. The molecule has 1 aliphatic carbocycles. The molecule has 2 aromatic rings. The maximum absolute atomic E-state index is 11.9. The average Bonchev–Trinajstić information content (AvgIpc) is 2.91. The molecule has 3 N–H and O–H groups in total. The van der Waals surface area contributed by atoms with E-state index in [-0.39, 0.29) is 12.5 Å². The van der Waals surface area contributed by atoms with Gasteiger partial charge in [-0.2, -0.15) is 0 Å². The van der Waals surface area contributed by atoms with Crippen molar-refractivity contribution in [3.8, 4) is 11.1 Å². The normalized spacial score (nSPS) is 15.0. The first-order valence-corrected chi connectivity index (χ1v) is 8.01. The Bertz CT molecular complexity index is 756. The molecule has 2 atom stereocenters. The number of hydrogen-bond donors (Lipinski definition) is 3. The lowest BCUT2D eigenvalue weighted by atomic mass is 9.98. The van der Waals surface area contributed by atoms with E-state index < -0.39 is 24.2 Å². The van der Waals surface area contributed by atoms with E-state index in [1.807, 2.05) is 48.5 Å². The van der Waals surface area contributed by atoms with E-state index >= 15 is 0 Å². The Kier molecular flexibility index (Phi) is 4.72. The molecule has 0 aromatic heterocycles. The van der Waals surface area contributed by atoms with Gasteiger partial charge in [-0.1, -0.05) is 48.5 Å². The summed E-state index contributed by atoms with van der Waals surface area (Å²) in [5.41, 5.74) is 4.36. The molecule has 1 aliphatic rings. The smallest absolute Gasteiger partial charge is 0.407 e. The molecule has 0 spiro atoms. The molecule has 0 radical (unpaired) electrons. The summed E-state index contributed by atoms with van der Waals surface area (Å²) >= 11 is 0. The van der Waals surface area contributed by atoms with Gasteiger partial charge in [0.05, 0.1) is 6.10 Å². The number of amides is 1. The van der Waals surface area contributed by atoms with Gasteiger partial charge in [0.2, 0.25) is 0 Å². The number of hydrogen-bond acceptors (Lipinski definition) is 4. The summed E-state index contributed by atoms with van der Waals surface area (Å²) < 4.78 is 5.25. The van der Waals surface area contributed by atoms with Gasteiger partial charge in [0.25, 0.3) is 0 Å². The van der Waals surface area contributed by atoms with Gasteiger partial charge < -0.3 is 20.3 Å². The lowest BCUT2D eigenvalue weighted by molar-refractivity contribution is -0.142. The Hall–Kier alpha value is -2.86. The van der Waals surface area contributed by atoms with E-state index in [1.54, 1.807) is 0 Å². The number of benzene rings is 2. The summed E-state index contributed by atoms with van der Waals surface area (Å²) in [6.45, 7) is 1.38. The van der Waals surface area contributed by atoms with Crippen LogP contribution in [0, 0.1) is 0 Å².